The normalized spacial score (nSPS) is 15.3. The predicted molar refractivity (Wildman–Crippen MR) is 143 cm³/mol. The van der Waals surface area contributed by atoms with Crippen LogP contribution in [-0.2, 0) is 13.1 Å². The zero-order valence-corrected chi connectivity index (χ0v) is 21.5. The number of hydrogen-bond acceptors (Lipinski definition) is 7. The van der Waals surface area contributed by atoms with E-state index in [0.29, 0.717) is 24.5 Å². The first-order valence-electron chi connectivity index (χ1n) is 13.2. The topological polar surface area (TPSA) is 106 Å². The summed E-state index contributed by atoms with van der Waals surface area (Å²) in [7, 11) is 0. The third-order valence-electron chi connectivity index (χ3n) is 7.42. The van der Waals surface area contributed by atoms with Gasteiger partial charge in [0.2, 0.25) is 0 Å². The highest BCUT2D eigenvalue weighted by molar-refractivity contribution is 5.79. The smallest absolute Gasteiger partial charge is 0.253 e. The Kier molecular flexibility index (Phi) is 6.83. The van der Waals surface area contributed by atoms with Gasteiger partial charge >= 0.3 is 0 Å². The van der Waals surface area contributed by atoms with Crippen molar-refractivity contribution in [2.24, 2.45) is 0 Å². The molecule has 38 heavy (non-hydrogen) atoms. The molecule has 1 saturated carbocycles. The van der Waals surface area contributed by atoms with Gasteiger partial charge in [0.25, 0.3) is 5.56 Å². The van der Waals surface area contributed by atoms with Gasteiger partial charge in [-0.05, 0) is 77.5 Å². The maximum atomic E-state index is 13.7. The van der Waals surface area contributed by atoms with Crippen molar-refractivity contribution in [1.29, 1.82) is 0 Å². The van der Waals surface area contributed by atoms with Crippen molar-refractivity contribution >= 4 is 10.9 Å². The van der Waals surface area contributed by atoms with Crippen molar-refractivity contribution in [3.05, 3.63) is 106 Å². The van der Waals surface area contributed by atoms with Crippen LogP contribution < -0.4 is 5.56 Å². The van der Waals surface area contributed by atoms with E-state index in [4.69, 9.17) is 4.42 Å². The van der Waals surface area contributed by atoms with E-state index in [1.807, 2.05) is 53.3 Å². The number of hydrogen-bond donors (Lipinski definition) is 1. The second kappa shape index (κ2) is 10.7. The minimum absolute atomic E-state index is 0.153. The lowest BCUT2D eigenvalue weighted by atomic mass is 9.95. The summed E-state index contributed by atoms with van der Waals surface area (Å²) in [6, 6.07) is 15.5. The molecule has 1 aliphatic carbocycles. The molecule has 0 unspecified atom stereocenters. The summed E-state index contributed by atoms with van der Waals surface area (Å²) in [5.41, 5.74) is 3.40. The van der Waals surface area contributed by atoms with Gasteiger partial charge in [0.15, 0.2) is 5.82 Å². The minimum atomic E-state index is -0.508. The Labute approximate surface area is 220 Å². The molecule has 0 radical (unpaired) electrons. The Morgan fingerprint density at radius 1 is 1.11 bits per heavy atom. The van der Waals surface area contributed by atoms with Crippen LogP contribution >= 0.6 is 0 Å². The molecule has 1 N–H and O–H groups in total. The molecule has 0 aliphatic heterocycles. The summed E-state index contributed by atoms with van der Waals surface area (Å²) < 4.78 is 7.73. The van der Waals surface area contributed by atoms with Gasteiger partial charge in [0.1, 0.15) is 11.8 Å². The molecule has 0 spiro atoms. The molecule has 194 valence electrons. The summed E-state index contributed by atoms with van der Waals surface area (Å²) in [6.07, 6.45) is 10.9. The molecule has 1 aromatic carbocycles. The first-order chi connectivity index (χ1) is 18.7. The van der Waals surface area contributed by atoms with E-state index in [2.05, 4.69) is 43.4 Å². The molecular formula is C29H31N7O2. The van der Waals surface area contributed by atoms with E-state index in [9.17, 15) is 4.79 Å². The van der Waals surface area contributed by atoms with Crippen molar-refractivity contribution < 1.29 is 4.42 Å². The minimum Gasteiger partial charge on any atom is -0.468 e. The van der Waals surface area contributed by atoms with E-state index in [-0.39, 0.29) is 11.6 Å². The van der Waals surface area contributed by atoms with Crippen LogP contribution in [0, 0.1) is 6.92 Å². The molecule has 4 heterocycles. The van der Waals surface area contributed by atoms with E-state index in [1.165, 1.54) is 6.42 Å². The standard InChI is InChI=1S/C29H31N7O2/c1-20-11-12-26-22(15-20)16-25(29(37)31-26)27(28-32-33-34-36(28)23-8-3-2-4-9-23)35(19-24-10-6-14-38-24)18-21-7-5-13-30-17-21/h5-7,10-17,23,27H,2-4,8-9,18-19H2,1H3,(H,31,37)/t27-/m0/s1. The third kappa shape index (κ3) is 5.02. The highest BCUT2D eigenvalue weighted by Gasteiger charge is 2.33. The first kappa shape index (κ1) is 24.2. The highest BCUT2D eigenvalue weighted by Crippen LogP contribution is 2.34. The van der Waals surface area contributed by atoms with Crippen LogP contribution in [0.25, 0.3) is 10.9 Å². The predicted octanol–water partition coefficient (Wildman–Crippen LogP) is 5.11. The van der Waals surface area contributed by atoms with Crippen molar-refractivity contribution in [2.75, 3.05) is 0 Å². The van der Waals surface area contributed by atoms with E-state index in [1.54, 1.807) is 12.5 Å². The number of benzene rings is 1. The van der Waals surface area contributed by atoms with E-state index >= 15 is 0 Å². The van der Waals surface area contributed by atoms with Gasteiger partial charge in [0.05, 0.1) is 18.8 Å². The van der Waals surface area contributed by atoms with Crippen molar-refractivity contribution in [3.8, 4) is 0 Å². The first-order valence-corrected chi connectivity index (χ1v) is 13.2. The summed E-state index contributed by atoms with van der Waals surface area (Å²) in [5.74, 6) is 1.47. The van der Waals surface area contributed by atoms with Crippen LogP contribution in [0.4, 0.5) is 0 Å². The summed E-state index contributed by atoms with van der Waals surface area (Å²) in [4.78, 5) is 23.3. The van der Waals surface area contributed by atoms with E-state index < -0.39 is 6.04 Å². The number of furan rings is 1. The quantitative estimate of drug-likeness (QED) is 0.310. The fourth-order valence-corrected chi connectivity index (χ4v) is 5.58. The Bertz CT molecular complexity index is 1550. The largest absolute Gasteiger partial charge is 0.468 e. The van der Waals surface area contributed by atoms with Crippen molar-refractivity contribution in [3.63, 3.8) is 0 Å². The number of nitrogens with zero attached hydrogens (tertiary/aromatic N) is 6. The number of rotatable bonds is 8. The molecule has 1 fully saturated rings. The van der Waals surface area contributed by atoms with Crippen LogP contribution in [-0.4, -0.2) is 35.1 Å². The Hall–Kier alpha value is -4.11. The summed E-state index contributed by atoms with van der Waals surface area (Å²) in [5, 5.41) is 14.1. The monoisotopic (exact) mass is 509 g/mol. The van der Waals surface area contributed by atoms with E-state index in [0.717, 1.165) is 53.5 Å². The Morgan fingerprint density at radius 2 is 2.00 bits per heavy atom. The lowest BCUT2D eigenvalue weighted by molar-refractivity contribution is 0.173. The zero-order chi connectivity index (χ0) is 25.9. The average Bonchev–Trinajstić information content (AvgIpc) is 3.63. The average molecular weight is 510 g/mol. The number of fused-ring (bicyclic) bond motifs is 1. The SMILES string of the molecule is Cc1ccc2[nH]c(=O)c([C@@H](c3nnnn3C3CCCCC3)N(Cc3cccnc3)Cc3ccco3)cc2c1. The zero-order valence-electron chi connectivity index (χ0n) is 21.5. The lowest BCUT2D eigenvalue weighted by Crippen LogP contribution is -2.35. The molecule has 1 aliphatic rings. The van der Waals surface area contributed by atoms with Gasteiger partial charge < -0.3 is 9.40 Å². The number of nitrogens with one attached hydrogen (secondary N) is 1. The van der Waals surface area contributed by atoms with Crippen LogP contribution in [0.2, 0.25) is 0 Å². The van der Waals surface area contributed by atoms with Gasteiger partial charge in [-0.15, -0.1) is 5.10 Å². The second-order valence-electron chi connectivity index (χ2n) is 10.2. The fourth-order valence-electron chi connectivity index (χ4n) is 5.58. The van der Waals surface area contributed by atoms with Gasteiger partial charge in [-0.2, -0.15) is 0 Å². The molecule has 0 amide bonds. The molecule has 9 nitrogen and oxygen atoms in total. The van der Waals surface area contributed by atoms with Gasteiger partial charge in [-0.1, -0.05) is 37.0 Å². The second-order valence-corrected chi connectivity index (χ2v) is 10.2. The molecule has 9 heteroatoms. The van der Waals surface area contributed by atoms with Crippen LogP contribution in [0.3, 0.4) is 0 Å². The number of tetrazole rings is 1. The van der Waals surface area contributed by atoms with Crippen molar-refractivity contribution in [1.82, 2.24) is 35.1 Å². The molecule has 0 saturated heterocycles. The Morgan fingerprint density at radius 3 is 2.79 bits per heavy atom. The van der Waals surface area contributed by atoms with Crippen LogP contribution in [0.5, 0.6) is 0 Å². The van der Waals surface area contributed by atoms with Gasteiger partial charge in [-0.25, -0.2) is 4.68 Å². The molecular weight excluding hydrogens is 478 g/mol. The lowest BCUT2D eigenvalue weighted by Gasteiger charge is -2.32. The summed E-state index contributed by atoms with van der Waals surface area (Å²) in [6.45, 7) is 3.05. The molecule has 6 rings (SSSR count). The Balaban J connectivity index is 1.53. The maximum Gasteiger partial charge on any atom is 0.253 e. The number of pyridine rings is 2. The van der Waals surface area contributed by atoms with Crippen molar-refractivity contribution in [2.45, 2.75) is 64.2 Å². The third-order valence-corrected chi connectivity index (χ3v) is 7.42. The molecule has 0 bridgehead atoms. The maximum absolute atomic E-state index is 13.7. The number of aryl methyl sites for hydroxylation is 1. The van der Waals surface area contributed by atoms with Gasteiger partial charge in [-0.3, -0.25) is 14.7 Å². The number of aromatic nitrogens is 6. The van der Waals surface area contributed by atoms with Crippen LogP contribution in [0.15, 0.2) is 76.4 Å². The number of H-pyrrole nitrogens is 1. The fraction of sp³-hybridized carbons (Fsp3) is 0.345. The summed E-state index contributed by atoms with van der Waals surface area (Å²) >= 11 is 0. The van der Waals surface area contributed by atoms with Gasteiger partial charge in [0, 0.05) is 30.0 Å². The molecule has 4 aromatic heterocycles. The van der Waals surface area contributed by atoms with Crippen LogP contribution in [0.1, 0.15) is 72.5 Å². The number of aromatic amines is 1. The molecule has 5 aromatic rings. The molecule has 1 atom stereocenters. The highest BCUT2D eigenvalue weighted by atomic mass is 16.3.